The molecule has 2 amide bonds. The Morgan fingerprint density at radius 1 is 0.567 bits per heavy atom. The van der Waals surface area contributed by atoms with Crippen molar-refractivity contribution in [3.05, 3.63) is 95.1 Å². The highest BCUT2D eigenvalue weighted by atomic mass is 16.2. The number of rotatable bonds is 0. The molecule has 1 aliphatic heterocycles. The van der Waals surface area contributed by atoms with Crippen molar-refractivity contribution in [2.24, 2.45) is 11.8 Å². The molecule has 3 nitrogen and oxygen atoms in total. The predicted molar refractivity (Wildman–Crippen MR) is 116 cm³/mol. The molecule has 0 aromatic heterocycles. The van der Waals surface area contributed by atoms with Crippen LogP contribution in [0.1, 0.15) is 34.1 Å². The largest absolute Gasteiger partial charge is 0.285 e. The molecule has 8 rings (SSSR count). The smallest absolute Gasteiger partial charge is 0.233 e. The summed E-state index contributed by atoms with van der Waals surface area (Å²) in [5.74, 6) is -0.791. The van der Waals surface area contributed by atoms with E-state index in [2.05, 4.69) is 72.8 Å². The van der Waals surface area contributed by atoms with Gasteiger partial charge in [0.15, 0.2) is 0 Å². The molecule has 4 aliphatic rings. The maximum atomic E-state index is 13.2. The molecule has 0 saturated carbocycles. The highest BCUT2D eigenvalue weighted by molar-refractivity contribution is 6.08. The lowest BCUT2D eigenvalue weighted by molar-refractivity contribution is -0.138. The Balaban J connectivity index is 1.60. The molecule has 0 radical (unpaired) electrons. The average Bonchev–Trinajstić information content (AvgIpc) is 3.01. The third kappa shape index (κ3) is 1.82. The molecule has 0 N–H and O–H groups in total. The van der Waals surface area contributed by atoms with Gasteiger partial charge in [0, 0.05) is 18.9 Å². The number of carbonyl (C=O) groups is 2. The summed E-state index contributed by atoms with van der Waals surface area (Å²) in [5, 5.41) is 4.75. The molecular formula is C27H19NO2. The third-order valence-corrected chi connectivity index (χ3v) is 7.58. The van der Waals surface area contributed by atoms with Gasteiger partial charge in [0.05, 0.1) is 11.8 Å². The lowest BCUT2D eigenvalue weighted by Gasteiger charge is -2.46. The maximum Gasteiger partial charge on any atom is 0.233 e. The van der Waals surface area contributed by atoms with Crippen LogP contribution >= 0.6 is 0 Å². The molecule has 2 atom stereocenters. The number of carbonyl (C=O) groups excluding carboxylic acids is 2. The van der Waals surface area contributed by atoms with E-state index in [-0.39, 0.29) is 35.5 Å². The lowest BCUT2D eigenvalue weighted by atomic mass is 9.54. The summed E-state index contributed by atoms with van der Waals surface area (Å²) in [7, 11) is 1.64. The molecule has 2 unspecified atom stereocenters. The first-order valence-corrected chi connectivity index (χ1v) is 10.5. The molecule has 4 aromatic carbocycles. The Morgan fingerprint density at radius 2 is 0.867 bits per heavy atom. The third-order valence-electron chi connectivity index (χ3n) is 7.58. The minimum Gasteiger partial charge on any atom is -0.285 e. The summed E-state index contributed by atoms with van der Waals surface area (Å²) in [6.45, 7) is 0. The molecule has 3 aliphatic carbocycles. The molecule has 144 valence electrons. The second-order valence-corrected chi connectivity index (χ2v) is 8.90. The first-order chi connectivity index (χ1) is 14.6. The normalized spacial score (nSPS) is 26.2. The minimum atomic E-state index is -0.296. The van der Waals surface area contributed by atoms with Gasteiger partial charge in [-0.1, -0.05) is 72.8 Å². The zero-order chi connectivity index (χ0) is 20.1. The van der Waals surface area contributed by atoms with E-state index in [0.29, 0.717) is 0 Å². The second kappa shape index (κ2) is 5.37. The van der Waals surface area contributed by atoms with Crippen LogP contribution in [0.2, 0.25) is 0 Å². The number of likely N-dealkylation sites (tertiary alicyclic amines) is 1. The molecule has 4 aromatic rings. The van der Waals surface area contributed by atoms with E-state index < -0.39 is 0 Å². The molecule has 2 bridgehead atoms. The van der Waals surface area contributed by atoms with E-state index in [1.54, 1.807) is 7.05 Å². The van der Waals surface area contributed by atoms with Gasteiger partial charge < -0.3 is 0 Å². The summed E-state index contributed by atoms with van der Waals surface area (Å²) in [4.78, 5) is 27.8. The molecule has 1 heterocycles. The zero-order valence-corrected chi connectivity index (χ0v) is 16.5. The van der Waals surface area contributed by atoms with Crippen molar-refractivity contribution >= 4 is 33.4 Å². The summed E-state index contributed by atoms with van der Waals surface area (Å²) >= 11 is 0. The quantitative estimate of drug-likeness (QED) is 0.405. The van der Waals surface area contributed by atoms with Crippen molar-refractivity contribution in [1.29, 1.82) is 0 Å². The van der Waals surface area contributed by atoms with Gasteiger partial charge in [0.25, 0.3) is 0 Å². The van der Waals surface area contributed by atoms with Crippen molar-refractivity contribution in [1.82, 2.24) is 4.90 Å². The van der Waals surface area contributed by atoms with Crippen LogP contribution in [-0.2, 0) is 9.59 Å². The van der Waals surface area contributed by atoms with Crippen LogP contribution in [0.25, 0.3) is 21.5 Å². The van der Waals surface area contributed by atoms with Gasteiger partial charge in [0.1, 0.15) is 0 Å². The molecule has 1 fully saturated rings. The lowest BCUT2D eigenvalue weighted by Crippen LogP contribution is -2.41. The van der Waals surface area contributed by atoms with Gasteiger partial charge in [0.2, 0.25) is 11.8 Å². The maximum absolute atomic E-state index is 13.2. The van der Waals surface area contributed by atoms with Crippen LogP contribution < -0.4 is 0 Å². The van der Waals surface area contributed by atoms with Gasteiger partial charge >= 0.3 is 0 Å². The SMILES string of the molecule is CN1C(=O)C2C3c4cc5ccccc5cc4C(c4cc5ccccc5cc43)C2C1=O. The van der Waals surface area contributed by atoms with Crippen molar-refractivity contribution in [2.75, 3.05) is 7.05 Å². The monoisotopic (exact) mass is 389 g/mol. The number of fused-ring (bicyclic) bond motifs is 2. The molecule has 30 heavy (non-hydrogen) atoms. The fraction of sp³-hybridized carbons (Fsp3) is 0.185. The number of benzene rings is 4. The highest BCUT2D eigenvalue weighted by Crippen LogP contribution is 2.61. The van der Waals surface area contributed by atoms with E-state index in [4.69, 9.17) is 0 Å². The van der Waals surface area contributed by atoms with Crippen LogP contribution in [0, 0.1) is 11.8 Å². The van der Waals surface area contributed by atoms with Crippen molar-refractivity contribution in [3.8, 4) is 0 Å². The standard InChI is InChI=1S/C27H19NO2/c1-28-26(29)24-22-18-10-14-6-2-3-7-15(14)11-19(18)23(25(24)27(28)30)21-13-17-9-5-4-8-16(17)12-20(21)22/h2-13,22-25H,1H3. The van der Waals surface area contributed by atoms with Crippen LogP contribution in [0.5, 0.6) is 0 Å². The van der Waals surface area contributed by atoms with Gasteiger partial charge in [-0.25, -0.2) is 0 Å². The first-order valence-electron chi connectivity index (χ1n) is 10.5. The summed E-state index contributed by atoms with van der Waals surface area (Å²) < 4.78 is 0. The fourth-order valence-electron chi connectivity index (χ4n) is 6.30. The van der Waals surface area contributed by atoms with Gasteiger partial charge in [-0.05, 0) is 43.8 Å². The van der Waals surface area contributed by atoms with E-state index in [9.17, 15) is 9.59 Å². The number of hydrogen-bond donors (Lipinski definition) is 0. The van der Waals surface area contributed by atoms with Crippen molar-refractivity contribution in [2.45, 2.75) is 11.8 Å². The van der Waals surface area contributed by atoms with Gasteiger partial charge in [-0.15, -0.1) is 0 Å². The van der Waals surface area contributed by atoms with E-state index in [1.807, 2.05) is 0 Å². The Labute approximate surface area is 173 Å². The second-order valence-electron chi connectivity index (χ2n) is 8.90. The van der Waals surface area contributed by atoms with Crippen molar-refractivity contribution < 1.29 is 9.59 Å². The Morgan fingerprint density at radius 3 is 1.17 bits per heavy atom. The Hall–Kier alpha value is -3.46. The van der Waals surface area contributed by atoms with Crippen LogP contribution in [0.15, 0.2) is 72.8 Å². The average molecular weight is 389 g/mol. The van der Waals surface area contributed by atoms with Crippen LogP contribution in [-0.4, -0.2) is 23.8 Å². The highest BCUT2D eigenvalue weighted by Gasteiger charge is 2.60. The molecule has 0 spiro atoms. The van der Waals surface area contributed by atoms with Gasteiger partial charge in [-0.2, -0.15) is 0 Å². The summed E-state index contributed by atoms with van der Waals surface area (Å²) in [6.07, 6.45) is 0. The van der Waals surface area contributed by atoms with E-state index >= 15 is 0 Å². The van der Waals surface area contributed by atoms with Crippen molar-refractivity contribution in [3.63, 3.8) is 0 Å². The topological polar surface area (TPSA) is 37.4 Å². The van der Waals surface area contributed by atoms with E-state index in [0.717, 1.165) is 0 Å². The number of nitrogens with zero attached hydrogens (tertiary/aromatic N) is 1. The summed E-state index contributed by atoms with van der Waals surface area (Å²) in [6, 6.07) is 25.8. The summed E-state index contributed by atoms with van der Waals surface area (Å²) in [5.41, 5.74) is 4.89. The minimum absolute atomic E-state index is 0.0300. The number of hydrogen-bond acceptors (Lipinski definition) is 2. The Bertz CT molecular complexity index is 1240. The number of imide groups is 1. The number of amides is 2. The predicted octanol–water partition coefficient (Wildman–Crippen LogP) is 4.81. The van der Waals surface area contributed by atoms with E-state index in [1.165, 1.54) is 48.7 Å². The van der Waals surface area contributed by atoms with Crippen LogP contribution in [0.3, 0.4) is 0 Å². The zero-order valence-electron chi connectivity index (χ0n) is 16.5. The van der Waals surface area contributed by atoms with Gasteiger partial charge in [-0.3, -0.25) is 14.5 Å². The first kappa shape index (κ1) is 16.3. The fourth-order valence-corrected chi connectivity index (χ4v) is 6.30. The Kier molecular flexibility index (Phi) is 2.92. The molecule has 1 saturated heterocycles. The molecule has 3 heteroatoms. The van der Waals surface area contributed by atoms with Crippen LogP contribution in [0.4, 0.5) is 0 Å². The molecular weight excluding hydrogens is 370 g/mol.